The number of nitrogens with zero attached hydrogens (tertiary/aromatic N) is 5. The Kier molecular flexibility index (Phi) is 4.62. The molecule has 1 aliphatic heterocycles. The smallest absolute Gasteiger partial charge is 0.225 e. The second-order valence-electron chi connectivity index (χ2n) is 6.77. The summed E-state index contributed by atoms with van der Waals surface area (Å²) >= 11 is 0. The van der Waals surface area contributed by atoms with Crippen molar-refractivity contribution < 1.29 is 8.42 Å². The van der Waals surface area contributed by atoms with Gasteiger partial charge < -0.3 is 15.5 Å². The number of sulfone groups is 1. The zero-order valence-corrected chi connectivity index (χ0v) is 14.7. The predicted molar refractivity (Wildman–Crippen MR) is 93.7 cm³/mol. The number of aliphatic imine (C=N–C) groups is 1. The van der Waals surface area contributed by atoms with Gasteiger partial charge in [-0.25, -0.2) is 18.4 Å². The molecule has 0 spiro atoms. The van der Waals surface area contributed by atoms with Crippen molar-refractivity contribution in [2.75, 3.05) is 49.6 Å². The van der Waals surface area contributed by atoms with E-state index in [0.29, 0.717) is 12.5 Å². The van der Waals surface area contributed by atoms with Crippen molar-refractivity contribution in [2.45, 2.75) is 12.8 Å². The van der Waals surface area contributed by atoms with Gasteiger partial charge in [-0.3, -0.25) is 4.99 Å². The largest absolute Gasteiger partial charge is 0.370 e. The van der Waals surface area contributed by atoms with Crippen LogP contribution in [0.1, 0.15) is 12.8 Å². The third-order valence-corrected chi connectivity index (χ3v) is 5.68. The second-order valence-corrected chi connectivity index (χ2v) is 8.91. The normalized spacial score (nSPS) is 21.0. The topological polar surface area (TPSA) is 105 Å². The molecule has 0 bridgehead atoms. The highest BCUT2D eigenvalue weighted by atomic mass is 32.2. The standard InChI is InChI=1S/C15H24N6O2S/c1-24(22,23)12-15(3-4-15)11-19-13(16)20-7-9-21(10-8-20)14-17-5-2-6-18-14/h2,5-6H,3-4,7-12H2,1H3,(H2,16,19). The number of hydrogen-bond acceptors (Lipinski definition) is 6. The van der Waals surface area contributed by atoms with Crippen molar-refractivity contribution in [3.63, 3.8) is 0 Å². The van der Waals surface area contributed by atoms with Crippen LogP contribution in [0.3, 0.4) is 0 Å². The molecular formula is C15H24N6O2S. The molecule has 132 valence electrons. The summed E-state index contributed by atoms with van der Waals surface area (Å²) < 4.78 is 23.0. The van der Waals surface area contributed by atoms with Crippen LogP contribution >= 0.6 is 0 Å². The minimum Gasteiger partial charge on any atom is -0.370 e. The van der Waals surface area contributed by atoms with Gasteiger partial charge in [0.2, 0.25) is 5.95 Å². The van der Waals surface area contributed by atoms with E-state index in [1.165, 1.54) is 6.26 Å². The molecule has 0 aromatic carbocycles. The summed E-state index contributed by atoms with van der Waals surface area (Å²) in [5.41, 5.74) is 5.93. The Morgan fingerprint density at radius 2 is 1.88 bits per heavy atom. The molecule has 8 nitrogen and oxygen atoms in total. The molecule has 1 saturated carbocycles. The molecule has 0 radical (unpaired) electrons. The molecule has 24 heavy (non-hydrogen) atoms. The number of anilines is 1. The summed E-state index contributed by atoms with van der Waals surface area (Å²) in [5.74, 6) is 1.44. The summed E-state index contributed by atoms with van der Waals surface area (Å²) in [6.07, 6.45) is 6.58. The van der Waals surface area contributed by atoms with E-state index in [1.54, 1.807) is 18.5 Å². The Labute approximate surface area is 142 Å². The van der Waals surface area contributed by atoms with Gasteiger partial charge in [-0.1, -0.05) is 0 Å². The Bertz CT molecular complexity index is 694. The molecule has 1 saturated heterocycles. The van der Waals surface area contributed by atoms with Gasteiger partial charge in [0.25, 0.3) is 0 Å². The lowest BCUT2D eigenvalue weighted by atomic mass is 10.1. The predicted octanol–water partition coefficient (Wildman–Crippen LogP) is -0.262. The molecule has 1 aromatic rings. The minimum absolute atomic E-state index is 0.183. The molecule has 0 amide bonds. The maximum absolute atomic E-state index is 11.5. The first-order valence-electron chi connectivity index (χ1n) is 8.12. The van der Waals surface area contributed by atoms with E-state index in [-0.39, 0.29) is 11.2 Å². The zero-order chi connectivity index (χ0) is 17.2. The van der Waals surface area contributed by atoms with Crippen molar-refractivity contribution in [2.24, 2.45) is 16.1 Å². The van der Waals surface area contributed by atoms with Gasteiger partial charge in [0.1, 0.15) is 9.84 Å². The Hall–Kier alpha value is -1.90. The highest BCUT2D eigenvalue weighted by molar-refractivity contribution is 7.90. The van der Waals surface area contributed by atoms with Gasteiger partial charge in [-0.2, -0.15) is 0 Å². The molecule has 3 rings (SSSR count). The number of nitrogens with two attached hydrogens (primary N) is 1. The SMILES string of the molecule is CS(=O)(=O)CC1(CN=C(N)N2CCN(c3ncccn3)CC2)CC1. The number of guanidine groups is 1. The van der Waals surface area contributed by atoms with Crippen molar-refractivity contribution in [3.8, 4) is 0 Å². The van der Waals surface area contributed by atoms with Gasteiger partial charge in [-0.05, 0) is 18.9 Å². The first-order chi connectivity index (χ1) is 11.4. The van der Waals surface area contributed by atoms with E-state index >= 15 is 0 Å². The summed E-state index contributed by atoms with van der Waals surface area (Å²) in [7, 11) is -2.97. The molecule has 9 heteroatoms. The van der Waals surface area contributed by atoms with Crippen LogP contribution in [-0.2, 0) is 9.84 Å². The average molecular weight is 352 g/mol. The van der Waals surface area contributed by atoms with Crippen LogP contribution in [0.15, 0.2) is 23.5 Å². The minimum atomic E-state index is -2.97. The Morgan fingerprint density at radius 3 is 2.42 bits per heavy atom. The molecule has 2 fully saturated rings. The van der Waals surface area contributed by atoms with Gasteiger partial charge in [0.15, 0.2) is 5.96 Å². The molecular weight excluding hydrogens is 328 g/mol. The van der Waals surface area contributed by atoms with Gasteiger partial charge >= 0.3 is 0 Å². The van der Waals surface area contributed by atoms with E-state index in [2.05, 4.69) is 19.9 Å². The van der Waals surface area contributed by atoms with Crippen molar-refractivity contribution in [1.82, 2.24) is 14.9 Å². The number of aromatic nitrogens is 2. The van der Waals surface area contributed by atoms with Crippen LogP contribution in [-0.4, -0.2) is 74.0 Å². The molecule has 0 atom stereocenters. The summed E-state index contributed by atoms with van der Waals surface area (Å²) in [6.45, 7) is 3.58. The maximum atomic E-state index is 11.5. The summed E-state index contributed by atoms with van der Waals surface area (Å²) in [5, 5.41) is 0. The first-order valence-corrected chi connectivity index (χ1v) is 10.2. The summed E-state index contributed by atoms with van der Waals surface area (Å²) in [4.78, 5) is 17.2. The zero-order valence-electron chi connectivity index (χ0n) is 13.9. The van der Waals surface area contributed by atoms with Gasteiger partial charge in [0.05, 0.1) is 5.75 Å². The molecule has 2 aliphatic rings. The lowest BCUT2D eigenvalue weighted by Gasteiger charge is -2.35. The fraction of sp³-hybridized carbons (Fsp3) is 0.667. The first kappa shape index (κ1) is 16.9. The second kappa shape index (κ2) is 6.54. The van der Waals surface area contributed by atoms with Crippen LogP contribution in [0, 0.1) is 5.41 Å². The fourth-order valence-electron chi connectivity index (χ4n) is 3.02. The third-order valence-electron chi connectivity index (χ3n) is 4.54. The number of rotatable bonds is 5. The molecule has 2 heterocycles. The van der Waals surface area contributed by atoms with E-state index < -0.39 is 9.84 Å². The van der Waals surface area contributed by atoms with Crippen molar-refractivity contribution in [1.29, 1.82) is 0 Å². The summed E-state index contributed by atoms with van der Waals surface area (Å²) in [6, 6.07) is 1.80. The number of hydrogen-bond donors (Lipinski definition) is 1. The molecule has 0 unspecified atom stereocenters. The van der Waals surface area contributed by atoms with Crippen molar-refractivity contribution >= 4 is 21.7 Å². The highest BCUT2D eigenvalue weighted by Gasteiger charge is 2.45. The lowest BCUT2D eigenvalue weighted by Crippen LogP contribution is -2.51. The molecule has 1 aliphatic carbocycles. The Morgan fingerprint density at radius 1 is 1.25 bits per heavy atom. The monoisotopic (exact) mass is 352 g/mol. The van der Waals surface area contributed by atoms with E-state index in [4.69, 9.17) is 5.73 Å². The van der Waals surface area contributed by atoms with Crippen LogP contribution in [0.5, 0.6) is 0 Å². The average Bonchev–Trinajstić information content (AvgIpc) is 3.31. The van der Waals surface area contributed by atoms with E-state index in [0.717, 1.165) is 45.0 Å². The Balaban J connectivity index is 1.53. The number of piperazine rings is 1. The lowest BCUT2D eigenvalue weighted by molar-refractivity contribution is 0.376. The molecule has 2 N–H and O–H groups in total. The highest BCUT2D eigenvalue weighted by Crippen LogP contribution is 2.46. The van der Waals surface area contributed by atoms with Crippen LogP contribution in [0.4, 0.5) is 5.95 Å². The quantitative estimate of drug-likeness (QED) is 0.575. The maximum Gasteiger partial charge on any atom is 0.225 e. The van der Waals surface area contributed by atoms with Gasteiger partial charge in [0, 0.05) is 56.8 Å². The fourth-order valence-corrected chi connectivity index (χ4v) is 4.51. The molecule has 1 aromatic heterocycles. The third kappa shape index (κ3) is 4.34. The van der Waals surface area contributed by atoms with E-state index in [9.17, 15) is 8.42 Å². The van der Waals surface area contributed by atoms with Gasteiger partial charge in [-0.15, -0.1) is 0 Å². The van der Waals surface area contributed by atoms with Crippen LogP contribution in [0.2, 0.25) is 0 Å². The van der Waals surface area contributed by atoms with Crippen LogP contribution < -0.4 is 10.6 Å². The van der Waals surface area contributed by atoms with Crippen LogP contribution in [0.25, 0.3) is 0 Å². The van der Waals surface area contributed by atoms with Crippen molar-refractivity contribution in [3.05, 3.63) is 18.5 Å². The van der Waals surface area contributed by atoms with E-state index in [1.807, 2.05) is 4.90 Å².